The van der Waals surface area contributed by atoms with Crippen molar-refractivity contribution in [3.63, 3.8) is 0 Å². The Balaban J connectivity index is 2.58. The zero-order chi connectivity index (χ0) is 10.1. The van der Waals surface area contributed by atoms with Crippen LogP contribution in [0.3, 0.4) is 0 Å². The smallest absolute Gasteiger partial charge is 0.228 e. The third-order valence-corrected chi connectivity index (χ3v) is 2.62. The predicted molar refractivity (Wildman–Crippen MR) is 55.4 cm³/mol. The summed E-state index contributed by atoms with van der Waals surface area (Å²) in [5.41, 5.74) is 1.68. The molecular formula is C10H9ClN2O. The van der Waals surface area contributed by atoms with E-state index in [2.05, 4.69) is 9.97 Å². The van der Waals surface area contributed by atoms with E-state index in [0.717, 1.165) is 16.6 Å². The molecular weight excluding hydrogens is 200 g/mol. The molecule has 0 aromatic carbocycles. The third kappa shape index (κ3) is 1.40. The number of nitrogens with zero attached hydrogens (tertiary/aromatic N) is 1. The summed E-state index contributed by atoms with van der Waals surface area (Å²) in [6.45, 7) is 1.78. The molecule has 0 spiro atoms. The lowest BCUT2D eigenvalue weighted by Crippen LogP contribution is -2.00. The van der Waals surface area contributed by atoms with Gasteiger partial charge in [-0.25, -0.2) is 4.98 Å². The van der Waals surface area contributed by atoms with E-state index >= 15 is 0 Å². The molecule has 2 rings (SSSR count). The fourth-order valence-electron chi connectivity index (χ4n) is 1.46. The van der Waals surface area contributed by atoms with E-state index in [1.165, 1.54) is 0 Å². The Labute approximate surface area is 86.1 Å². The Kier molecular flexibility index (Phi) is 2.25. The number of nitrogens with one attached hydrogen (secondary N) is 1. The SMILES string of the molecule is CC(C(=O)Cl)c1c[nH]c2ncccc12. The van der Waals surface area contributed by atoms with Crippen molar-refractivity contribution in [2.24, 2.45) is 0 Å². The lowest BCUT2D eigenvalue weighted by Gasteiger charge is -2.02. The molecule has 0 aliphatic carbocycles. The highest BCUT2D eigenvalue weighted by Gasteiger charge is 2.16. The second kappa shape index (κ2) is 3.42. The fourth-order valence-corrected chi connectivity index (χ4v) is 1.58. The number of carbonyl (C=O) groups is 1. The predicted octanol–water partition coefficient (Wildman–Crippen LogP) is 2.43. The van der Waals surface area contributed by atoms with Crippen molar-refractivity contribution in [3.05, 3.63) is 30.1 Å². The second-order valence-corrected chi connectivity index (χ2v) is 3.54. The van der Waals surface area contributed by atoms with Crippen LogP contribution >= 0.6 is 11.6 Å². The van der Waals surface area contributed by atoms with E-state index in [-0.39, 0.29) is 11.2 Å². The number of hydrogen-bond acceptors (Lipinski definition) is 2. The second-order valence-electron chi connectivity index (χ2n) is 3.17. The first kappa shape index (κ1) is 9.21. The van der Waals surface area contributed by atoms with E-state index < -0.39 is 0 Å². The van der Waals surface area contributed by atoms with Gasteiger partial charge in [0.2, 0.25) is 5.24 Å². The number of pyridine rings is 1. The first-order valence-electron chi connectivity index (χ1n) is 4.31. The van der Waals surface area contributed by atoms with Gasteiger partial charge >= 0.3 is 0 Å². The Morgan fingerprint density at radius 1 is 1.64 bits per heavy atom. The van der Waals surface area contributed by atoms with Gasteiger partial charge in [0.15, 0.2) is 0 Å². The number of halogens is 1. The molecule has 14 heavy (non-hydrogen) atoms. The number of hydrogen-bond donors (Lipinski definition) is 1. The number of aromatic amines is 1. The van der Waals surface area contributed by atoms with Crippen LogP contribution in [0.4, 0.5) is 0 Å². The summed E-state index contributed by atoms with van der Waals surface area (Å²) >= 11 is 5.45. The third-order valence-electron chi connectivity index (χ3n) is 2.29. The Hall–Kier alpha value is -1.35. The van der Waals surface area contributed by atoms with Gasteiger partial charge in [-0.2, -0.15) is 0 Å². The molecule has 2 aromatic heterocycles. The lowest BCUT2D eigenvalue weighted by atomic mass is 10.0. The van der Waals surface area contributed by atoms with Gasteiger partial charge in [0.1, 0.15) is 5.65 Å². The monoisotopic (exact) mass is 208 g/mol. The van der Waals surface area contributed by atoms with Gasteiger partial charge in [0.25, 0.3) is 0 Å². The highest BCUT2D eigenvalue weighted by molar-refractivity contribution is 6.64. The molecule has 1 N–H and O–H groups in total. The molecule has 0 amide bonds. The molecule has 2 heterocycles. The molecule has 4 heteroatoms. The summed E-state index contributed by atoms with van der Waals surface area (Å²) in [6, 6.07) is 3.76. The Morgan fingerprint density at radius 3 is 3.14 bits per heavy atom. The number of rotatable bonds is 2. The van der Waals surface area contributed by atoms with Crippen LogP contribution in [0.1, 0.15) is 18.4 Å². The van der Waals surface area contributed by atoms with Crippen molar-refractivity contribution in [3.8, 4) is 0 Å². The van der Waals surface area contributed by atoms with Crippen molar-refractivity contribution >= 4 is 27.9 Å². The van der Waals surface area contributed by atoms with Crippen LogP contribution in [0.5, 0.6) is 0 Å². The highest BCUT2D eigenvalue weighted by Crippen LogP contribution is 2.25. The van der Waals surface area contributed by atoms with Gasteiger partial charge in [-0.1, -0.05) is 6.92 Å². The molecule has 0 radical (unpaired) electrons. The number of H-pyrrole nitrogens is 1. The fraction of sp³-hybridized carbons (Fsp3) is 0.200. The largest absolute Gasteiger partial charge is 0.346 e. The molecule has 1 atom stereocenters. The summed E-state index contributed by atoms with van der Waals surface area (Å²) in [4.78, 5) is 18.2. The maximum Gasteiger partial charge on any atom is 0.228 e. The molecule has 0 aliphatic heterocycles. The van der Waals surface area contributed by atoms with Gasteiger partial charge in [-0.05, 0) is 29.3 Å². The van der Waals surface area contributed by atoms with Gasteiger partial charge < -0.3 is 4.98 Å². The van der Waals surface area contributed by atoms with Crippen LogP contribution < -0.4 is 0 Å². The minimum Gasteiger partial charge on any atom is -0.346 e. The van der Waals surface area contributed by atoms with E-state index in [9.17, 15) is 4.79 Å². The Morgan fingerprint density at radius 2 is 2.43 bits per heavy atom. The summed E-state index contributed by atoms with van der Waals surface area (Å²) in [5.74, 6) is -0.297. The average molecular weight is 209 g/mol. The van der Waals surface area contributed by atoms with Crippen molar-refractivity contribution in [2.75, 3.05) is 0 Å². The summed E-state index contributed by atoms with van der Waals surface area (Å²) < 4.78 is 0. The van der Waals surface area contributed by atoms with Crippen molar-refractivity contribution < 1.29 is 4.79 Å². The van der Waals surface area contributed by atoms with Gasteiger partial charge in [0.05, 0.1) is 5.92 Å². The summed E-state index contributed by atoms with van der Waals surface area (Å²) in [7, 11) is 0. The van der Waals surface area contributed by atoms with Crippen LogP contribution in [0, 0.1) is 0 Å². The normalized spacial score (nSPS) is 13.0. The van der Waals surface area contributed by atoms with Gasteiger partial charge in [-0.3, -0.25) is 4.79 Å². The van der Waals surface area contributed by atoms with Crippen LogP contribution in [-0.4, -0.2) is 15.2 Å². The lowest BCUT2D eigenvalue weighted by molar-refractivity contribution is -0.112. The molecule has 0 saturated carbocycles. The topological polar surface area (TPSA) is 45.8 Å². The Bertz CT molecular complexity index is 478. The molecule has 0 aliphatic rings. The standard InChI is InChI=1S/C10H9ClN2O/c1-6(9(11)14)8-5-13-10-7(8)3-2-4-12-10/h2-6H,1H3,(H,12,13). The molecule has 0 saturated heterocycles. The van der Waals surface area contributed by atoms with Crippen LogP contribution in [0.25, 0.3) is 11.0 Å². The van der Waals surface area contributed by atoms with Crippen molar-refractivity contribution in [1.82, 2.24) is 9.97 Å². The van der Waals surface area contributed by atoms with Crippen molar-refractivity contribution in [2.45, 2.75) is 12.8 Å². The maximum atomic E-state index is 11.0. The summed E-state index contributed by atoms with van der Waals surface area (Å²) in [6.07, 6.45) is 3.48. The maximum absolute atomic E-state index is 11.0. The van der Waals surface area contributed by atoms with Gasteiger partial charge in [0, 0.05) is 17.8 Å². The molecule has 2 aromatic rings. The van der Waals surface area contributed by atoms with Crippen LogP contribution in [0.2, 0.25) is 0 Å². The quantitative estimate of drug-likeness (QED) is 0.771. The van der Waals surface area contributed by atoms with Gasteiger partial charge in [-0.15, -0.1) is 0 Å². The zero-order valence-electron chi connectivity index (χ0n) is 7.62. The minimum atomic E-state index is -0.352. The number of carbonyl (C=O) groups excluding carboxylic acids is 1. The van der Waals surface area contributed by atoms with Crippen LogP contribution in [-0.2, 0) is 4.79 Å². The summed E-state index contributed by atoms with van der Waals surface area (Å²) in [5, 5.41) is 0.601. The first-order valence-corrected chi connectivity index (χ1v) is 4.69. The molecule has 1 unspecified atom stereocenters. The van der Waals surface area contributed by atoms with Crippen LogP contribution in [0.15, 0.2) is 24.5 Å². The number of aromatic nitrogens is 2. The molecule has 3 nitrogen and oxygen atoms in total. The minimum absolute atomic E-state index is 0.297. The molecule has 0 fully saturated rings. The van der Waals surface area contributed by atoms with Crippen molar-refractivity contribution in [1.29, 1.82) is 0 Å². The van der Waals surface area contributed by atoms with E-state index in [0.29, 0.717) is 0 Å². The molecule has 72 valence electrons. The first-order chi connectivity index (χ1) is 6.70. The average Bonchev–Trinajstić information content (AvgIpc) is 2.60. The highest BCUT2D eigenvalue weighted by atomic mass is 35.5. The van der Waals surface area contributed by atoms with E-state index in [1.54, 1.807) is 19.3 Å². The molecule has 0 bridgehead atoms. The van der Waals surface area contributed by atoms with E-state index in [4.69, 9.17) is 11.6 Å². The number of fused-ring (bicyclic) bond motifs is 1. The zero-order valence-corrected chi connectivity index (χ0v) is 8.38. The van der Waals surface area contributed by atoms with E-state index in [1.807, 2.05) is 12.1 Å².